The quantitative estimate of drug-likeness (QED) is 0.351. The molecule has 0 heterocycles. The summed E-state index contributed by atoms with van der Waals surface area (Å²) in [4.78, 5) is 4.90. The third-order valence-electron chi connectivity index (χ3n) is 3.00. The van der Waals surface area contributed by atoms with Crippen LogP contribution >= 0.6 is 0 Å². The second kappa shape index (κ2) is 9.91. The molecule has 5 heteroatoms. The van der Waals surface area contributed by atoms with E-state index in [9.17, 15) is 8.42 Å². The normalized spacial score (nSPS) is 11.7. The molecule has 0 radical (unpaired) electrons. The Morgan fingerprint density at radius 1 is 0.900 bits per heavy atom. The van der Waals surface area contributed by atoms with Gasteiger partial charge >= 0.3 is 10.1 Å². The van der Waals surface area contributed by atoms with Crippen LogP contribution in [0.3, 0.4) is 0 Å². The smallest absolute Gasteiger partial charge is 0.220 e. The number of hydrogen-bond acceptors (Lipinski definition) is 4. The zero-order valence-corrected chi connectivity index (χ0v) is 12.9. The molecule has 0 bridgehead atoms. The van der Waals surface area contributed by atoms with Crippen LogP contribution in [0.15, 0.2) is 35.2 Å². The number of benzene rings is 1. The first-order chi connectivity index (χ1) is 9.67. The molecule has 0 aromatic heterocycles. The van der Waals surface area contributed by atoms with Gasteiger partial charge in [-0.1, -0.05) is 63.6 Å². The molecule has 0 aliphatic heterocycles. The lowest BCUT2D eigenvalue weighted by Crippen LogP contribution is -2.08. The van der Waals surface area contributed by atoms with Crippen LogP contribution in [0.5, 0.6) is 0 Å². The third kappa shape index (κ3) is 7.03. The van der Waals surface area contributed by atoms with E-state index in [4.69, 9.17) is 4.89 Å². The molecule has 0 aliphatic rings. The lowest BCUT2D eigenvalue weighted by Gasteiger charge is -2.05. The van der Waals surface area contributed by atoms with Crippen LogP contribution in [0.1, 0.15) is 51.9 Å². The van der Waals surface area contributed by atoms with E-state index < -0.39 is 10.1 Å². The average molecular weight is 300 g/mol. The Bertz CT molecular complexity index is 442. The van der Waals surface area contributed by atoms with Gasteiger partial charge in [-0.25, -0.2) is 4.89 Å². The molecule has 0 amide bonds. The Balaban J connectivity index is 2.09. The SMILES string of the molecule is CCCCCCCCCOOS(=O)(=O)c1ccccc1. The fourth-order valence-electron chi connectivity index (χ4n) is 1.84. The predicted molar refractivity (Wildman–Crippen MR) is 78.7 cm³/mol. The van der Waals surface area contributed by atoms with Crippen LogP contribution in [0.2, 0.25) is 0 Å². The zero-order valence-electron chi connectivity index (χ0n) is 12.1. The molecule has 1 aromatic carbocycles. The van der Waals surface area contributed by atoms with Crippen LogP contribution < -0.4 is 0 Å². The Morgan fingerprint density at radius 3 is 2.15 bits per heavy atom. The molecule has 20 heavy (non-hydrogen) atoms. The maximum atomic E-state index is 11.7. The van der Waals surface area contributed by atoms with Gasteiger partial charge in [0.25, 0.3) is 0 Å². The van der Waals surface area contributed by atoms with Gasteiger partial charge in [-0.2, -0.15) is 8.42 Å². The van der Waals surface area contributed by atoms with E-state index >= 15 is 0 Å². The molecule has 1 rings (SSSR count). The second-order valence-corrected chi connectivity index (χ2v) is 6.29. The molecule has 4 nitrogen and oxygen atoms in total. The molecule has 0 aliphatic carbocycles. The molecule has 1 aromatic rings. The van der Waals surface area contributed by atoms with Crippen LogP contribution in [0.25, 0.3) is 0 Å². The summed E-state index contributed by atoms with van der Waals surface area (Å²) in [5, 5.41) is 0. The first-order valence-electron chi connectivity index (χ1n) is 7.28. The minimum absolute atomic E-state index is 0.111. The maximum Gasteiger partial charge on any atom is 0.323 e. The Kier molecular flexibility index (Phi) is 8.49. The van der Waals surface area contributed by atoms with Gasteiger partial charge in [-0.05, 0) is 18.6 Å². The van der Waals surface area contributed by atoms with Crippen molar-refractivity contribution >= 4 is 10.1 Å². The van der Waals surface area contributed by atoms with E-state index in [-0.39, 0.29) is 4.90 Å². The van der Waals surface area contributed by atoms with Gasteiger partial charge in [0.1, 0.15) is 0 Å². The van der Waals surface area contributed by atoms with E-state index in [0.29, 0.717) is 6.61 Å². The highest BCUT2D eigenvalue weighted by Gasteiger charge is 2.15. The van der Waals surface area contributed by atoms with Crippen molar-refractivity contribution in [2.24, 2.45) is 0 Å². The molecular weight excluding hydrogens is 276 g/mol. The summed E-state index contributed by atoms with van der Waals surface area (Å²) < 4.78 is 27.9. The Labute approximate surface area is 122 Å². The monoisotopic (exact) mass is 300 g/mol. The van der Waals surface area contributed by atoms with E-state index in [1.165, 1.54) is 37.8 Å². The van der Waals surface area contributed by atoms with Crippen molar-refractivity contribution < 1.29 is 17.6 Å². The molecule has 0 saturated carbocycles. The average Bonchev–Trinajstić information content (AvgIpc) is 2.46. The van der Waals surface area contributed by atoms with Crippen molar-refractivity contribution in [1.82, 2.24) is 0 Å². The molecular formula is C15H24O4S. The third-order valence-corrected chi connectivity index (χ3v) is 4.13. The summed E-state index contributed by atoms with van der Waals surface area (Å²) in [5.74, 6) is 0. The van der Waals surface area contributed by atoms with Crippen molar-refractivity contribution in [3.63, 3.8) is 0 Å². The summed E-state index contributed by atoms with van der Waals surface area (Å²) >= 11 is 0. The highest BCUT2D eigenvalue weighted by Crippen LogP contribution is 2.12. The first kappa shape index (κ1) is 17.1. The van der Waals surface area contributed by atoms with Crippen LogP contribution in [0, 0.1) is 0 Å². The fourth-order valence-corrected chi connectivity index (χ4v) is 2.61. The molecule has 0 saturated heterocycles. The second-order valence-electron chi connectivity index (χ2n) is 4.78. The van der Waals surface area contributed by atoms with Gasteiger partial charge in [0, 0.05) is 0 Å². The lowest BCUT2D eigenvalue weighted by atomic mass is 10.1. The van der Waals surface area contributed by atoms with Crippen molar-refractivity contribution in [3.05, 3.63) is 30.3 Å². The number of rotatable bonds is 11. The fraction of sp³-hybridized carbons (Fsp3) is 0.600. The number of hydrogen-bond donors (Lipinski definition) is 0. The van der Waals surface area contributed by atoms with Crippen LogP contribution in [-0.4, -0.2) is 15.0 Å². The summed E-state index contributed by atoms with van der Waals surface area (Å²) in [6.45, 7) is 2.50. The van der Waals surface area contributed by atoms with Crippen molar-refractivity contribution in [2.75, 3.05) is 6.61 Å². The van der Waals surface area contributed by atoms with Gasteiger partial charge in [0.05, 0.1) is 11.5 Å². The van der Waals surface area contributed by atoms with E-state index in [0.717, 1.165) is 19.3 Å². The molecule has 114 valence electrons. The summed E-state index contributed by atoms with van der Waals surface area (Å²) in [7, 11) is -3.79. The van der Waals surface area contributed by atoms with E-state index in [1.54, 1.807) is 18.2 Å². The summed E-state index contributed by atoms with van der Waals surface area (Å²) in [6, 6.07) is 8.00. The van der Waals surface area contributed by atoms with Crippen molar-refractivity contribution in [1.29, 1.82) is 0 Å². The number of unbranched alkanes of at least 4 members (excludes halogenated alkanes) is 6. The van der Waals surface area contributed by atoms with Crippen LogP contribution in [0.4, 0.5) is 0 Å². The standard InChI is InChI=1S/C15H24O4S/c1-2-3-4-5-6-7-11-14-18-19-20(16,17)15-12-9-8-10-13-15/h8-10,12-13H,2-7,11,14H2,1H3. The van der Waals surface area contributed by atoms with E-state index in [2.05, 4.69) is 11.3 Å². The maximum absolute atomic E-state index is 11.7. The Hall–Kier alpha value is -0.910. The van der Waals surface area contributed by atoms with Crippen LogP contribution in [-0.2, 0) is 19.3 Å². The molecule has 0 fully saturated rings. The van der Waals surface area contributed by atoms with Gasteiger partial charge in [0.2, 0.25) is 0 Å². The zero-order chi connectivity index (χ0) is 14.7. The molecule has 0 N–H and O–H groups in total. The molecule has 0 atom stereocenters. The largest absolute Gasteiger partial charge is 0.323 e. The van der Waals surface area contributed by atoms with Gasteiger partial charge in [0.15, 0.2) is 0 Å². The topological polar surface area (TPSA) is 52.6 Å². The van der Waals surface area contributed by atoms with Crippen molar-refractivity contribution in [3.8, 4) is 0 Å². The minimum Gasteiger partial charge on any atom is -0.220 e. The predicted octanol–water partition coefficient (Wildman–Crippen LogP) is 4.07. The summed E-state index contributed by atoms with van der Waals surface area (Å²) in [5.41, 5.74) is 0. The van der Waals surface area contributed by atoms with E-state index in [1.807, 2.05) is 0 Å². The van der Waals surface area contributed by atoms with Gasteiger partial charge < -0.3 is 0 Å². The highest BCUT2D eigenvalue weighted by atomic mass is 32.2. The highest BCUT2D eigenvalue weighted by molar-refractivity contribution is 7.86. The van der Waals surface area contributed by atoms with Crippen molar-refractivity contribution in [2.45, 2.75) is 56.8 Å². The van der Waals surface area contributed by atoms with Gasteiger partial charge in [-0.3, -0.25) is 0 Å². The molecule has 0 unspecified atom stereocenters. The first-order valence-corrected chi connectivity index (χ1v) is 8.69. The lowest BCUT2D eigenvalue weighted by molar-refractivity contribution is -0.202. The summed E-state index contributed by atoms with van der Waals surface area (Å²) in [6.07, 6.45) is 8.06. The van der Waals surface area contributed by atoms with Gasteiger partial charge in [-0.15, -0.1) is 4.33 Å². The Morgan fingerprint density at radius 2 is 1.50 bits per heavy atom. The minimum atomic E-state index is -3.79. The molecule has 0 spiro atoms.